The molecular weight excluding hydrogens is 356 g/mol. The predicted octanol–water partition coefficient (Wildman–Crippen LogP) is 2.45. The van der Waals surface area contributed by atoms with E-state index in [2.05, 4.69) is 15.1 Å². The van der Waals surface area contributed by atoms with Crippen LogP contribution in [0, 0.1) is 10.1 Å². The van der Waals surface area contributed by atoms with Crippen LogP contribution in [-0.2, 0) is 0 Å². The van der Waals surface area contributed by atoms with E-state index in [1.54, 1.807) is 18.3 Å². The molecule has 10 heteroatoms. The van der Waals surface area contributed by atoms with Crippen LogP contribution in [0.5, 0.6) is 0 Å². The Hall–Kier alpha value is -3.27. The number of thioether (sulfide) groups is 1. The van der Waals surface area contributed by atoms with Gasteiger partial charge in [0.15, 0.2) is 0 Å². The van der Waals surface area contributed by atoms with Gasteiger partial charge in [0.25, 0.3) is 17.0 Å². The molecule has 0 aliphatic carbocycles. The molecule has 0 bridgehead atoms. The lowest BCUT2D eigenvalue weighted by molar-refractivity contribution is -0.384. The minimum absolute atomic E-state index is 0.0828. The molecule has 9 nitrogen and oxygen atoms in total. The zero-order valence-electron chi connectivity index (χ0n) is 13.6. The minimum Gasteiger partial charge on any atom is -0.283 e. The van der Waals surface area contributed by atoms with Crippen LogP contribution < -0.4 is 5.56 Å². The van der Waals surface area contributed by atoms with Gasteiger partial charge in [-0.15, -0.1) is 5.10 Å². The maximum absolute atomic E-state index is 12.9. The topological polar surface area (TPSA) is 108 Å². The maximum atomic E-state index is 12.9. The van der Waals surface area contributed by atoms with E-state index in [0.717, 1.165) is 5.75 Å². The summed E-state index contributed by atoms with van der Waals surface area (Å²) in [5.41, 5.74) is 0.572. The molecular formula is C16H12N6O3S. The van der Waals surface area contributed by atoms with Crippen molar-refractivity contribution < 1.29 is 4.92 Å². The molecule has 26 heavy (non-hydrogen) atoms. The number of fused-ring (bicyclic) bond motifs is 3. The lowest BCUT2D eigenvalue weighted by Crippen LogP contribution is -2.19. The van der Waals surface area contributed by atoms with E-state index >= 15 is 0 Å². The molecule has 4 rings (SSSR count). The summed E-state index contributed by atoms with van der Waals surface area (Å²) < 4.78 is 2.88. The first kappa shape index (κ1) is 16.2. The number of nitrogens with zero attached hydrogens (tertiary/aromatic N) is 6. The number of benzene rings is 1. The van der Waals surface area contributed by atoms with Crippen molar-refractivity contribution in [1.29, 1.82) is 0 Å². The van der Waals surface area contributed by atoms with Gasteiger partial charge in [-0.05, 0) is 17.9 Å². The quantitative estimate of drug-likeness (QED) is 0.309. The Bertz CT molecular complexity index is 1220. The van der Waals surface area contributed by atoms with Crippen LogP contribution in [0.4, 0.5) is 5.69 Å². The van der Waals surface area contributed by atoms with Gasteiger partial charge < -0.3 is 0 Å². The average molecular weight is 368 g/mol. The molecule has 0 aliphatic rings. The monoisotopic (exact) mass is 368 g/mol. The molecule has 0 fully saturated rings. The first-order valence-corrected chi connectivity index (χ1v) is 8.72. The largest absolute Gasteiger partial charge is 0.283 e. The van der Waals surface area contributed by atoms with E-state index in [4.69, 9.17) is 0 Å². The van der Waals surface area contributed by atoms with E-state index < -0.39 is 4.92 Å². The summed E-state index contributed by atoms with van der Waals surface area (Å²) in [6, 6.07) is 7.63. The van der Waals surface area contributed by atoms with E-state index in [1.807, 2.05) is 6.92 Å². The van der Waals surface area contributed by atoms with Gasteiger partial charge in [-0.3, -0.25) is 19.5 Å². The summed E-state index contributed by atoms with van der Waals surface area (Å²) in [5.74, 6) is 1.25. The molecule has 0 amide bonds. The molecule has 130 valence electrons. The number of hydrogen-bond acceptors (Lipinski definition) is 7. The maximum Gasteiger partial charge on any atom is 0.271 e. The number of nitro groups is 1. The molecule has 0 saturated carbocycles. The van der Waals surface area contributed by atoms with E-state index in [0.29, 0.717) is 27.5 Å². The smallest absolute Gasteiger partial charge is 0.271 e. The third-order valence-corrected chi connectivity index (χ3v) is 4.53. The molecule has 0 spiro atoms. The van der Waals surface area contributed by atoms with E-state index in [9.17, 15) is 14.9 Å². The van der Waals surface area contributed by atoms with Crippen molar-refractivity contribution >= 4 is 34.1 Å². The summed E-state index contributed by atoms with van der Waals surface area (Å²) in [5, 5.41) is 16.3. The van der Waals surface area contributed by atoms with Crippen LogP contribution >= 0.6 is 11.8 Å². The highest BCUT2D eigenvalue weighted by Gasteiger charge is 2.13. The molecule has 0 N–H and O–H groups in total. The molecule has 3 heterocycles. The second-order valence-corrected chi connectivity index (χ2v) is 6.60. The molecule has 0 unspecified atom stereocenters. The average Bonchev–Trinajstić information content (AvgIpc) is 3.05. The highest BCUT2D eigenvalue weighted by Crippen LogP contribution is 2.19. The molecule has 3 aromatic heterocycles. The van der Waals surface area contributed by atoms with Gasteiger partial charge in [0.05, 0.1) is 21.5 Å². The minimum atomic E-state index is -0.497. The van der Waals surface area contributed by atoms with Crippen LogP contribution in [0.2, 0.25) is 0 Å². The van der Waals surface area contributed by atoms with Gasteiger partial charge >= 0.3 is 0 Å². The first-order chi connectivity index (χ1) is 12.6. The van der Waals surface area contributed by atoms with Crippen LogP contribution in [0.3, 0.4) is 0 Å². The van der Waals surface area contributed by atoms with Crippen molar-refractivity contribution in [3.63, 3.8) is 0 Å². The third-order valence-electron chi connectivity index (χ3n) is 3.81. The van der Waals surface area contributed by atoms with Gasteiger partial charge in [0.2, 0.25) is 5.16 Å². The lowest BCUT2D eigenvalue weighted by Gasteiger charge is -2.07. The molecule has 0 saturated heterocycles. The van der Waals surface area contributed by atoms with Crippen molar-refractivity contribution in [2.75, 3.05) is 5.75 Å². The van der Waals surface area contributed by atoms with Crippen LogP contribution in [0.1, 0.15) is 6.92 Å². The Morgan fingerprint density at radius 2 is 2.15 bits per heavy atom. The van der Waals surface area contributed by atoms with Crippen LogP contribution in [-0.4, -0.2) is 34.8 Å². The first-order valence-electron chi connectivity index (χ1n) is 7.73. The summed E-state index contributed by atoms with van der Waals surface area (Å²) in [7, 11) is 0. The van der Waals surface area contributed by atoms with E-state index in [1.165, 1.54) is 45.2 Å². The molecule has 0 radical (unpaired) electrons. The highest BCUT2D eigenvalue weighted by molar-refractivity contribution is 7.99. The van der Waals surface area contributed by atoms with Crippen molar-refractivity contribution in [3.05, 3.63) is 63.2 Å². The van der Waals surface area contributed by atoms with Crippen molar-refractivity contribution in [3.8, 4) is 5.69 Å². The lowest BCUT2D eigenvalue weighted by atomic mass is 10.2. The fourth-order valence-corrected chi connectivity index (χ4v) is 3.19. The second kappa shape index (κ2) is 6.23. The molecule has 4 aromatic rings. The standard InChI is InChI=1S/C16H12N6O3S/c1-2-26-16-18-15-17-9-12-13(21(15)19-16)6-7-20(14(12)23)10-4-3-5-11(8-10)22(24)25/h3-9H,2H2,1H3. The SMILES string of the molecule is CCSc1nc2ncc3c(=O)n(-c4cccc([N+](=O)[O-])c4)ccc3n2n1. The Labute approximate surface area is 150 Å². The summed E-state index contributed by atoms with van der Waals surface area (Å²) in [4.78, 5) is 31.9. The van der Waals surface area contributed by atoms with Gasteiger partial charge in [-0.1, -0.05) is 24.8 Å². The Balaban J connectivity index is 1.92. The van der Waals surface area contributed by atoms with Gasteiger partial charge in [0, 0.05) is 24.5 Å². The number of non-ortho nitro benzene ring substituents is 1. The van der Waals surface area contributed by atoms with Gasteiger partial charge in [0.1, 0.15) is 0 Å². The fourth-order valence-electron chi connectivity index (χ4n) is 2.65. The normalized spacial score (nSPS) is 11.3. The Kier molecular flexibility index (Phi) is 3.88. The van der Waals surface area contributed by atoms with E-state index in [-0.39, 0.29) is 11.2 Å². The van der Waals surface area contributed by atoms with Crippen molar-refractivity contribution in [2.45, 2.75) is 12.1 Å². The van der Waals surface area contributed by atoms with Crippen LogP contribution in [0.25, 0.3) is 22.4 Å². The second-order valence-electron chi connectivity index (χ2n) is 5.36. The Morgan fingerprint density at radius 1 is 1.31 bits per heavy atom. The van der Waals surface area contributed by atoms with Crippen molar-refractivity contribution in [1.82, 2.24) is 24.1 Å². The van der Waals surface area contributed by atoms with Gasteiger partial charge in [-0.2, -0.15) is 9.50 Å². The van der Waals surface area contributed by atoms with Crippen molar-refractivity contribution in [2.24, 2.45) is 0 Å². The number of aromatic nitrogens is 5. The number of nitro benzene ring substituents is 1. The van der Waals surface area contributed by atoms with Gasteiger partial charge in [-0.25, -0.2) is 4.98 Å². The zero-order chi connectivity index (χ0) is 18.3. The number of hydrogen-bond donors (Lipinski definition) is 0. The third kappa shape index (κ3) is 2.60. The summed E-state index contributed by atoms with van der Waals surface area (Å²) in [6.07, 6.45) is 3.02. The summed E-state index contributed by atoms with van der Waals surface area (Å²) in [6.45, 7) is 2.00. The highest BCUT2D eigenvalue weighted by atomic mass is 32.2. The summed E-state index contributed by atoms with van der Waals surface area (Å²) >= 11 is 1.49. The zero-order valence-corrected chi connectivity index (χ0v) is 14.4. The van der Waals surface area contributed by atoms with Crippen LogP contribution in [0.15, 0.2) is 52.7 Å². The Morgan fingerprint density at radius 3 is 2.92 bits per heavy atom. The predicted molar refractivity (Wildman–Crippen MR) is 96.9 cm³/mol. The number of pyridine rings is 1. The molecule has 1 aromatic carbocycles. The molecule has 0 atom stereocenters. The fraction of sp³-hybridized carbons (Fsp3) is 0.125. The molecule has 0 aliphatic heterocycles. The number of rotatable bonds is 4.